The summed E-state index contributed by atoms with van der Waals surface area (Å²) in [7, 11) is 1.81. The van der Waals surface area contributed by atoms with Gasteiger partial charge in [0, 0.05) is 13.1 Å². The lowest BCUT2D eigenvalue weighted by molar-refractivity contribution is -0.230. The van der Waals surface area contributed by atoms with E-state index in [0.717, 1.165) is 12.4 Å². The van der Waals surface area contributed by atoms with Crippen LogP contribution in [0.4, 0.5) is 5.82 Å². The van der Waals surface area contributed by atoms with E-state index >= 15 is 0 Å². The molecule has 2 rings (SSSR count). The normalized spacial score (nSPS) is 15.4. The fraction of sp³-hybridized carbons (Fsp3) is 0.500. The smallest absolute Gasteiger partial charge is 0.257 e. The van der Waals surface area contributed by atoms with Crippen LogP contribution < -0.4 is 10.2 Å². The summed E-state index contributed by atoms with van der Waals surface area (Å²) in [5, 5.41) is 7.09. The van der Waals surface area contributed by atoms with Crippen LogP contribution in [0.3, 0.4) is 0 Å². The molecule has 0 spiro atoms. The van der Waals surface area contributed by atoms with E-state index in [2.05, 4.69) is 10.4 Å². The number of fused-ring (bicyclic) bond motifs is 1. The van der Waals surface area contributed by atoms with Gasteiger partial charge in [-0.15, -0.1) is 0 Å². The Balaban J connectivity index is 2.32. The van der Waals surface area contributed by atoms with Crippen molar-refractivity contribution in [2.75, 3.05) is 19.0 Å². The van der Waals surface area contributed by atoms with E-state index < -0.39 is 0 Å². The average molecular weight is 155 g/mol. The van der Waals surface area contributed by atoms with Crippen LogP contribution in [0.5, 0.6) is 5.88 Å². The van der Waals surface area contributed by atoms with Crippen LogP contribution in [0.2, 0.25) is 0 Å². The highest BCUT2D eigenvalue weighted by atomic mass is 17.2. The predicted octanol–water partition coefficient (Wildman–Crippen LogP) is 0.249. The van der Waals surface area contributed by atoms with Crippen molar-refractivity contribution < 1.29 is 9.78 Å². The van der Waals surface area contributed by atoms with E-state index in [1.165, 1.54) is 0 Å². The standard InChI is InChI=1S/C6H9N3O2/c1-7-5-4-6-9(8-5)2-3-10-11-6/h4H,2-3H2,1H3,(H,7,8). The van der Waals surface area contributed by atoms with Gasteiger partial charge in [-0.1, -0.05) is 0 Å². The van der Waals surface area contributed by atoms with E-state index in [0.29, 0.717) is 12.5 Å². The van der Waals surface area contributed by atoms with Gasteiger partial charge in [-0.25, -0.2) is 4.68 Å². The van der Waals surface area contributed by atoms with Crippen LogP contribution >= 0.6 is 0 Å². The maximum atomic E-state index is 4.87. The minimum atomic E-state index is 0.553. The molecule has 0 saturated heterocycles. The highest BCUT2D eigenvalue weighted by Crippen LogP contribution is 2.19. The molecule has 1 aromatic heterocycles. The lowest BCUT2D eigenvalue weighted by Crippen LogP contribution is -2.17. The van der Waals surface area contributed by atoms with E-state index in [1.807, 2.05) is 7.05 Å². The van der Waals surface area contributed by atoms with Gasteiger partial charge in [-0.2, -0.15) is 9.99 Å². The summed E-state index contributed by atoms with van der Waals surface area (Å²) in [6.45, 7) is 1.30. The van der Waals surface area contributed by atoms with Crippen molar-refractivity contribution in [3.8, 4) is 5.88 Å². The van der Waals surface area contributed by atoms with Crippen LogP contribution in [0.1, 0.15) is 0 Å². The molecular weight excluding hydrogens is 146 g/mol. The van der Waals surface area contributed by atoms with Gasteiger partial charge >= 0.3 is 0 Å². The van der Waals surface area contributed by atoms with Crippen molar-refractivity contribution in [3.05, 3.63) is 6.07 Å². The Morgan fingerprint density at radius 1 is 1.73 bits per heavy atom. The Kier molecular flexibility index (Phi) is 1.43. The fourth-order valence-electron chi connectivity index (χ4n) is 0.975. The second-order valence-corrected chi connectivity index (χ2v) is 2.25. The number of nitrogens with zero attached hydrogens (tertiary/aromatic N) is 2. The summed E-state index contributed by atoms with van der Waals surface area (Å²) in [6.07, 6.45) is 0. The first-order valence-corrected chi connectivity index (χ1v) is 3.45. The van der Waals surface area contributed by atoms with E-state index in [1.54, 1.807) is 10.7 Å². The number of nitrogens with one attached hydrogen (secondary N) is 1. The number of hydrogen-bond donors (Lipinski definition) is 1. The zero-order valence-electron chi connectivity index (χ0n) is 6.20. The van der Waals surface area contributed by atoms with Crippen molar-refractivity contribution in [2.45, 2.75) is 6.54 Å². The summed E-state index contributed by atoms with van der Waals surface area (Å²) in [6, 6.07) is 1.79. The second-order valence-electron chi connectivity index (χ2n) is 2.25. The van der Waals surface area contributed by atoms with Gasteiger partial charge in [0.1, 0.15) is 6.61 Å². The van der Waals surface area contributed by atoms with Gasteiger partial charge < -0.3 is 10.2 Å². The lowest BCUT2D eigenvalue weighted by Gasteiger charge is -2.11. The van der Waals surface area contributed by atoms with Crippen LogP contribution in [0, 0.1) is 0 Å². The minimum absolute atomic E-state index is 0.553. The topological polar surface area (TPSA) is 48.3 Å². The zero-order chi connectivity index (χ0) is 7.68. The Hall–Kier alpha value is -1.23. The lowest BCUT2D eigenvalue weighted by atomic mass is 10.6. The quantitative estimate of drug-likeness (QED) is 0.590. The number of hydrogen-bond acceptors (Lipinski definition) is 4. The molecule has 0 radical (unpaired) electrons. The summed E-state index contributed by atoms with van der Waals surface area (Å²) in [5.74, 6) is 1.45. The molecule has 0 saturated carbocycles. The van der Waals surface area contributed by atoms with E-state index in [-0.39, 0.29) is 0 Å². The van der Waals surface area contributed by atoms with Crippen LogP contribution in [-0.4, -0.2) is 23.4 Å². The maximum absolute atomic E-state index is 4.87. The third kappa shape index (κ3) is 1.03. The first-order chi connectivity index (χ1) is 5.40. The van der Waals surface area contributed by atoms with Gasteiger partial charge in [0.2, 0.25) is 0 Å². The SMILES string of the molecule is CNc1cc2n(n1)CCOO2. The van der Waals surface area contributed by atoms with Crippen molar-refractivity contribution in [1.29, 1.82) is 0 Å². The third-order valence-electron chi connectivity index (χ3n) is 1.53. The van der Waals surface area contributed by atoms with Crippen LogP contribution in [0.15, 0.2) is 6.07 Å². The van der Waals surface area contributed by atoms with Crippen LogP contribution in [0.25, 0.3) is 0 Å². The first kappa shape index (κ1) is 6.48. The highest BCUT2D eigenvalue weighted by molar-refractivity contribution is 5.37. The molecule has 1 aromatic rings. The Morgan fingerprint density at radius 2 is 2.64 bits per heavy atom. The summed E-state index contributed by atoms with van der Waals surface area (Å²) < 4.78 is 1.76. The van der Waals surface area contributed by atoms with Gasteiger partial charge in [-0.3, -0.25) is 0 Å². The molecule has 5 nitrogen and oxygen atoms in total. The number of anilines is 1. The predicted molar refractivity (Wildman–Crippen MR) is 38.4 cm³/mol. The largest absolute Gasteiger partial charge is 0.372 e. The maximum Gasteiger partial charge on any atom is 0.257 e. The molecule has 2 heterocycles. The van der Waals surface area contributed by atoms with E-state index in [9.17, 15) is 0 Å². The zero-order valence-corrected chi connectivity index (χ0v) is 6.20. The average Bonchev–Trinajstić information content (AvgIpc) is 2.46. The van der Waals surface area contributed by atoms with Crippen molar-refractivity contribution in [2.24, 2.45) is 0 Å². The molecule has 5 heteroatoms. The minimum Gasteiger partial charge on any atom is -0.372 e. The summed E-state index contributed by atoms with van der Waals surface area (Å²) in [5.41, 5.74) is 0. The number of aromatic nitrogens is 2. The molecule has 0 aliphatic carbocycles. The Bertz CT molecular complexity index is 235. The Morgan fingerprint density at radius 3 is 3.36 bits per heavy atom. The molecule has 1 aliphatic heterocycles. The molecule has 1 aliphatic rings. The van der Waals surface area contributed by atoms with Gasteiger partial charge in [0.15, 0.2) is 5.82 Å². The van der Waals surface area contributed by atoms with Crippen LogP contribution in [-0.2, 0) is 11.4 Å². The monoisotopic (exact) mass is 155 g/mol. The third-order valence-corrected chi connectivity index (χ3v) is 1.53. The molecule has 1 N–H and O–H groups in total. The molecule has 0 amide bonds. The second kappa shape index (κ2) is 2.43. The Labute approximate surface area is 63.8 Å². The molecule has 0 unspecified atom stereocenters. The summed E-state index contributed by atoms with van der Waals surface area (Å²) in [4.78, 5) is 9.63. The molecule has 0 atom stereocenters. The number of rotatable bonds is 1. The fourth-order valence-corrected chi connectivity index (χ4v) is 0.975. The van der Waals surface area contributed by atoms with Crippen molar-refractivity contribution in [3.63, 3.8) is 0 Å². The molecule has 60 valence electrons. The first-order valence-electron chi connectivity index (χ1n) is 3.45. The van der Waals surface area contributed by atoms with Crippen molar-refractivity contribution in [1.82, 2.24) is 9.78 Å². The van der Waals surface area contributed by atoms with Gasteiger partial charge in [0.25, 0.3) is 5.88 Å². The van der Waals surface area contributed by atoms with Crippen molar-refractivity contribution >= 4 is 5.82 Å². The van der Waals surface area contributed by atoms with Gasteiger partial charge in [0.05, 0.1) is 6.54 Å². The molecule has 0 fully saturated rings. The van der Waals surface area contributed by atoms with Gasteiger partial charge in [-0.05, 0) is 0 Å². The molecule has 0 aromatic carbocycles. The summed E-state index contributed by atoms with van der Waals surface area (Å²) >= 11 is 0. The van der Waals surface area contributed by atoms with E-state index in [4.69, 9.17) is 9.78 Å². The molecule has 11 heavy (non-hydrogen) atoms. The molecular formula is C6H9N3O2. The molecule has 0 bridgehead atoms. The highest BCUT2D eigenvalue weighted by Gasteiger charge is 2.13.